The Balaban J connectivity index is 2.77. The molecule has 1 rings (SSSR count). The van der Waals surface area contributed by atoms with Crippen LogP contribution >= 0.6 is 15.9 Å². The van der Waals surface area contributed by atoms with E-state index in [-0.39, 0.29) is 6.04 Å². The normalized spacial score (nSPS) is 12.4. The molecular formula is C13H19BrN2. The average Bonchev–Trinajstić information content (AvgIpc) is 2.28. The lowest BCUT2D eigenvalue weighted by Crippen LogP contribution is -2.28. The predicted octanol–water partition coefficient (Wildman–Crippen LogP) is 3.62. The summed E-state index contributed by atoms with van der Waals surface area (Å²) < 4.78 is 1.09. The molecule has 1 aromatic rings. The largest absolute Gasteiger partial charge is 0.271 e. The fourth-order valence-electron chi connectivity index (χ4n) is 1.78. The number of nitrogens with one attached hydrogen (secondary N) is 1. The van der Waals surface area contributed by atoms with Crippen LogP contribution in [0, 0.1) is 6.92 Å². The van der Waals surface area contributed by atoms with Crippen molar-refractivity contribution in [1.82, 2.24) is 5.43 Å². The third kappa shape index (κ3) is 3.74. The highest BCUT2D eigenvalue weighted by Crippen LogP contribution is 2.25. The molecule has 3 N–H and O–H groups in total. The molecule has 1 aromatic carbocycles. The molecule has 88 valence electrons. The van der Waals surface area contributed by atoms with Crippen LogP contribution in [-0.4, -0.2) is 0 Å². The van der Waals surface area contributed by atoms with Gasteiger partial charge < -0.3 is 0 Å². The van der Waals surface area contributed by atoms with E-state index in [0.717, 1.165) is 23.7 Å². The zero-order chi connectivity index (χ0) is 12.0. The van der Waals surface area contributed by atoms with Crippen LogP contribution < -0.4 is 11.3 Å². The topological polar surface area (TPSA) is 38.0 Å². The molecule has 3 heteroatoms. The molecule has 0 aliphatic rings. The molecule has 0 fully saturated rings. The number of allylic oxidation sites excluding steroid dienone is 1. The van der Waals surface area contributed by atoms with Gasteiger partial charge in [-0.25, -0.2) is 0 Å². The van der Waals surface area contributed by atoms with Crippen molar-refractivity contribution in [2.75, 3.05) is 0 Å². The molecule has 2 nitrogen and oxygen atoms in total. The Morgan fingerprint density at radius 3 is 2.94 bits per heavy atom. The van der Waals surface area contributed by atoms with E-state index in [0.29, 0.717) is 0 Å². The van der Waals surface area contributed by atoms with E-state index < -0.39 is 0 Å². The second-order valence-corrected chi connectivity index (χ2v) is 4.86. The van der Waals surface area contributed by atoms with E-state index in [1.807, 2.05) is 6.08 Å². The standard InChI is InChI=1S/C13H19BrN2/c1-3-4-5-6-13(16-15)12-9-11(14)8-7-10(12)2/h3,7-9,13,16H,1,4-6,15H2,2H3. The van der Waals surface area contributed by atoms with Gasteiger partial charge in [-0.2, -0.15) is 0 Å². The van der Waals surface area contributed by atoms with Crippen molar-refractivity contribution < 1.29 is 0 Å². The van der Waals surface area contributed by atoms with Gasteiger partial charge in [-0.1, -0.05) is 28.1 Å². The molecule has 0 aliphatic carbocycles. The highest BCUT2D eigenvalue weighted by Gasteiger charge is 2.11. The number of aryl methyl sites for hydroxylation is 1. The number of halogens is 1. The Morgan fingerprint density at radius 2 is 2.31 bits per heavy atom. The summed E-state index contributed by atoms with van der Waals surface area (Å²) in [5.74, 6) is 5.61. The number of hydrazine groups is 1. The van der Waals surface area contributed by atoms with Gasteiger partial charge in [0.1, 0.15) is 0 Å². The molecule has 0 aliphatic heterocycles. The maximum absolute atomic E-state index is 5.61. The van der Waals surface area contributed by atoms with Crippen molar-refractivity contribution in [3.63, 3.8) is 0 Å². The predicted molar refractivity (Wildman–Crippen MR) is 73.0 cm³/mol. The number of benzene rings is 1. The van der Waals surface area contributed by atoms with E-state index in [9.17, 15) is 0 Å². The van der Waals surface area contributed by atoms with Crippen molar-refractivity contribution in [3.8, 4) is 0 Å². The fraction of sp³-hybridized carbons (Fsp3) is 0.385. The summed E-state index contributed by atoms with van der Waals surface area (Å²) in [5.41, 5.74) is 5.42. The van der Waals surface area contributed by atoms with Crippen LogP contribution in [0.15, 0.2) is 35.3 Å². The maximum Gasteiger partial charge on any atom is 0.0463 e. The third-order valence-electron chi connectivity index (χ3n) is 2.72. The Bertz CT molecular complexity index is 350. The number of rotatable bonds is 6. The molecule has 0 spiro atoms. The highest BCUT2D eigenvalue weighted by atomic mass is 79.9. The van der Waals surface area contributed by atoms with Gasteiger partial charge in [0.2, 0.25) is 0 Å². The summed E-state index contributed by atoms with van der Waals surface area (Å²) in [6, 6.07) is 6.51. The van der Waals surface area contributed by atoms with Gasteiger partial charge in [0.15, 0.2) is 0 Å². The lowest BCUT2D eigenvalue weighted by atomic mass is 9.97. The molecule has 0 radical (unpaired) electrons. The van der Waals surface area contributed by atoms with Crippen molar-refractivity contribution in [2.24, 2.45) is 5.84 Å². The quantitative estimate of drug-likeness (QED) is 0.362. The second kappa shape index (κ2) is 6.84. The molecule has 0 heterocycles. The molecular weight excluding hydrogens is 264 g/mol. The Labute approximate surface area is 106 Å². The lowest BCUT2D eigenvalue weighted by Gasteiger charge is -2.18. The first-order valence-corrected chi connectivity index (χ1v) is 6.31. The summed E-state index contributed by atoms with van der Waals surface area (Å²) in [6.45, 7) is 5.84. The van der Waals surface area contributed by atoms with Gasteiger partial charge in [0, 0.05) is 10.5 Å². The Morgan fingerprint density at radius 1 is 1.56 bits per heavy atom. The average molecular weight is 283 g/mol. The van der Waals surface area contributed by atoms with Gasteiger partial charge in [0.05, 0.1) is 0 Å². The Kier molecular flexibility index (Phi) is 5.74. The first-order chi connectivity index (χ1) is 7.69. The smallest absolute Gasteiger partial charge is 0.0463 e. The second-order valence-electron chi connectivity index (χ2n) is 3.94. The van der Waals surface area contributed by atoms with Crippen LogP contribution in [0.5, 0.6) is 0 Å². The minimum absolute atomic E-state index is 0.220. The van der Waals surface area contributed by atoms with Gasteiger partial charge >= 0.3 is 0 Å². The van der Waals surface area contributed by atoms with E-state index in [1.165, 1.54) is 11.1 Å². The summed E-state index contributed by atoms with van der Waals surface area (Å²) in [5, 5.41) is 0. The maximum atomic E-state index is 5.61. The van der Waals surface area contributed by atoms with Crippen molar-refractivity contribution in [3.05, 3.63) is 46.5 Å². The lowest BCUT2D eigenvalue weighted by molar-refractivity contribution is 0.499. The highest BCUT2D eigenvalue weighted by molar-refractivity contribution is 9.10. The molecule has 0 amide bonds. The first kappa shape index (κ1) is 13.4. The van der Waals surface area contributed by atoms with Crippen LogP contribution in [0.4, 0.5) is 0 Å². The Hall–Kier alpha value is -0.640. The summed E-state index contributed by atoms with van der Waals surface area (Å²) in [7, 11) is 0. The van der Waals surface area contributed by atoms with Gasteiger partial charge in [0.25, 0.3) is 0 Å². The zero-order valence-electron chi connectivity index (χ0n) is 9.67. The molecule has 0 saturated heterocycles. The molecule has 0 saturated carbocycles. The number of hydrogen-bond donors (Lipinski definition) is 2. The number of nitrogens with two attached hydrogens (primary N) is 1. The summed E-state index contributed by atoms with van der Waals surface area (Å²) >= 11 is 3.49. The molecule has 0 aromatic heterocycles. The fourth-order valence-corrected chi connectivity index (χ4v) is 2.16. The van der Waals surface area contributed by atoms with Crippen LogP contribution in [0.2, 0.25) is 0 Å². The van der Waals surface area contributed by atoms with Crippen LogP contribution in [0.25, 0.3) is 0 Å². The van der Waals surface area contributed by atoms with E-state index in [2.05, 4.69) is 53.1 Å². The van der Waals surface area contributed by atoms with Crippen LogP contribution in [-0.2, 0) is 0 Å². The van der Waals surface area contributed by atoms with Crippen LogP contribution in [0.3, 0.4) is 0 Å². The van der Waals surface area contributed by atoms with E-state index >= 15 is 0 Å². The van der Waals surface area contributed by atoms with Crippen molar-refractivity contribution in [1.29, 1.82) is 0 Å². The van der Waals surface area contributed by atoms with Gasteiger partial charge in [-0.05, 0) is 49.4 Å². The van der Waals surface area contributed by atoms with Crippen LogP contribution in [0.1, 0.15) is 36.4 Å². The minimum atomic E-state index is 0.220. The SMILES string of the molecule is C=CCCCC(NN)c1cc(Br)ccc1C. The van der Waals surface area contributed by atoms with Gasteiger partial charge in [-0.3, -0.25) is 11.3 Å². The number of unbranched alkanes of at least 4 members (excludes halogenated alkanes) is 1. The summed E-state index contributed by atoms with van der Waals surface area (Å²) in [6.07, 6.45) is 5.11. The molecule has 1 atom stereocenters. The molecule has 0 bridgehead atoms. The van der Waals surface area contributed by atoms with Crippen molar-refractivity contribution in [2.45, 2.75) is 32.2 Å². The minimum Gasteiger partial charge on any atom is -0.271 e. The third-order valence-corrected chi connectivity index (χ3v) is 3.21. The molecule has 1 unspecified atom stereocenters. The van der Waals surface area contributed by atoms with Gasteiger partial charge in [-0.15, -0.1) is 6.58 Å². The van der Waals surface area contributed by atoms with E-state index in [1.54, 1.807) is 0 Å². The van der Waals surface area contributed by atoms with E-state index in [4.69, 9.17) is 5.84 Å². The zero-order valence-corrected chi connectivity index (χ0v) is 11.3. The summed E-state index contributed by atoms with van der Waals surface area (Å²) in [4.78, 5) is 0. The number of hydrogen-bond acceptors (Lipinski definition) is 2. The monoisotopic (exact) mass is 282 g/mol. The van der Waals surface area contributed by atoms with Crippen molar-refractivity contribution >= 4 is 15.9 Å². The first-order valence-electron chi connectivity index (χ1n) is 5.52. The molecule has 16 heavy (non-hydrogen) atoms.